The molecular formula is C24H27FN4O3. The number of esters is 1. The Hall–Kier alpha value is -3.42. The third-order valence-corrected chi connectivity index (χ3v) is 5.79. The number of rotatable bonds is 4. The van der Waals surface area contributed by atoms with Gasteiger partial charge in [0.25, 0.3) is 0 Å². The van der Waals surface area contributed by atoms with E-state index in [1.165, 1.54) is 6.07 Å². The van der Waals surface area contributed by atoms with Crippen LogP contribution >= 0.6 is 0 Å². The van der Waals surface area contributed by atoms with E-state index >= 15 is 0 Å². The van der Waals surface area contributed by atoms with Crippen LogP contribution in [0.2, 0.25) is 0 Å². The van der Waals surface area contributed by atoms with Crippen LogP contribution in [0.1, 0.15) is 24.1 Å². The van der Waals surface area contributed by atoms with Gasteiger partial charge in [0.1, 0.15) is 11.9 Å². The van der Waals surface area contributed by atoms with E-state index in [4.69, 9.17) is 9.73 Å². The zero-order chi connectivity index (χ0) is 22.7. The molecule has 0 aromatic heterocycles. The van der Waals surface area contributed by atoms with Crippen molar-refractivity contribution in [2.45, 2.75) is 19.9 Å². The Balaban J connectivity index is 1.57. The summed E-state index contributed by atoms with van der Waals surface area (Å²) in [5.74, 6) is -1.85. The number of aliphatic imine (C=N–C) groups is 1. The second-order valence-electron chi connectivity index (χ2n) is 7.96. The Morgan fingerprint density at radius 3 is 2.53 bits per heavy atom. The Kier molecular flexibility index (Phi) is 6.39. The summed E-state index contributed by atoms with van der Waals surface area (Å²) in [5.41, 5.74) is 2.38. The highest BCUT2D eigenvalue weighted by Crippen LogP contribution is 2.31. The van der Waals surface area contributed by atoms with Crippen molar-refractivity contribution in [2.24, 2.45) is 10.9 Å². The van der Waals surface area contributed by atoms with Crippen molar-refractivity contribution in [3.63, 3.8) is 0 Å². The zero-order valence-electron chi connectivity index (χ0n) is 18.3. The van der Waals surface area contributed by atoms with Crippen LogP contribution in [-0.4, -0.2) is 55.5 Å². The minimum Gasteiger partial charge on any atom is -0.465 e. The van der Waals surface area contributed by atoms with Gasteiger partial charge in [0.15, 0.2) is 5.92 Å². The summed E-state index contributed by atoms with van der Waals surface area (Å²) in [6, 6.07) is 13.7. The largest absolute Gasteiger partial charge is 0.465 e. The summed E-state index contributed by atoms with van der Waals surface area (Å²) in [7, 11) is 0. The number of benzene rings is 2. The molecule has 8 heteroatoms. The lowest BCUT2D eigenvalue weighted by Gasteiger charge is -2.39. The smallest absolute Gasteiger partial charge is 0.321 e. The number of anilines is 1. The molecule has 1 saturated heterocycles. The highest BCUT2D eigenvalue weighted by atomic mass is 19.1. The first-order valence-corrected chi connectivity index (χ1v) is 10.8. The molecule has 1 N–H and O–H groups in total. The van der Waals surface area contributed by atoms with E-state index in [1.807, 2.05) is 47.1 Å². The molecule has 0 aliphatic carbocycles. The number of para-hydroxylation sites is 1. The summed E-state index contributed by atoms with van der Waals surface area (Å²) in [4.78, 5) is 34.3. The molecule has 1 amide bonds. The lowest BCUT2D eigenvalue weighted by molar-refractivity contribution is -0.153. The molecular weight excluding hydrogens is 411 g/mol. The van der Waals surface area contributed by atoms with Crippen LogP contribution in [0.25, 0.3) is 0 Å². The molecule has 4 rings (SSSR count). The number of nitrogens with zero attached hydrogens (tertiary/aromatic N) is 3. The fourth-order valence-corrected chi connectivity index (χ4v) is 4.19. The van der Waals surface area contributed by atoms with Gasteiger partial charge < -0.3 is 14.5 Å². The Bertz CT molecular complexity index is 1030. The van der Waals surface area contributed by atoms with Crippen LogP contribution < -0.4 is 10.2 Å². The molecule has 2 aliphatic rings. The Morgan fingerprint density at radius 2 is 1.84 bits per heavy atom. The van der Waals surface area contributed by atoms with Gasteiger partial charge in [0.05, 0.1) is 12.3 Å². The highest BCUT2D eigenvalue weighted by Gasteiger charge is 2.42. The molecule has 2 aromatic carbocycles. The average molecular weight is 439 g/mol. The van der Waals surface area contributed by atoms with Crippen LogP contribution in [0.5, 0.6) is 0 Å². The number of aryl methyl sites for hydroxylation is 1. The molecule has 0 radical (unpaired) electrons. The molecule has 7 nitrogen and oxygen atoms in total. The molecule has 0 bridgehead atoms. The van der Waals surface area contributed by atoms with Crippen molar-refractivity contribution < 1.29 is 18.7 Å². The van der Waals surface area contributed by atoms with E-state index in [1.54, 1.807) is 19.1 Å². The van der Waals surface area contributed by atoms with Gasteiger partial charge >= 0.3 is 5.97 Å². The highest BCUT2D eigenvalue weighted by molar-refractivity contribution is 6.08. The van der Waals surface area contributed by atoms with Crippen LogP contribution in [-0.2, 0) is 14.3 Å². The van der Waals surface area contributed by atoms with E-state index in [0.717, 1.165) is 11.1 Å². The minimum atomic E-state index is -1.04. The number of piperazine rings is 1. The maximum Gasteiger partial charge on any atom is 0.321 e. The number of hydrogen-bond acceptors (Lipinski definition) is 6. The number of hydrogen-bond donors (Lipinski definition) is 1. The first kappa shape index (κ1) is 21.8. The second kappa shape index (κ2) is 9.38. The van der Waals surface area contributed by atoms with Gasteiger partial charge in [-0.05, 0) is 31.5 Å². The SMILES string of the molecule is CCOC(=O)[C@@H]1C(=O)NC(N2CCN(c3ccccc3F)CC2)=N[C@@H]1c1cccc(C)c1. The third kappa shape index (κ3) is 4.44. The van der Waals surface area contributed by atoms with Crippen LogP contribution in [0.3, 0.4) is 0 Å². The fraction of sp³-hybridized carbons (Fsp3) is 0.375. The Morgan fingerprint density at radius 1 is 1.12 bits per heavy atom. The Labute approximate surface area is 186 Å². The van der Waals surface area contributed by atoms with E-state index in [9.17, 15) is 14.0 Å². The summed E-state index contributed by atoms with van der Waals surface area (Å²) in [6.07, 6.45) is 0. The lowest BCUT2D eigenvalue weighted by Crippen LogP contribution is -2.57. The van der Waals surface area contributed by atoms with Crippen molar-refractivity contribution in [1.82, 2.24) is 10.2 Å². The number of ether oxygens (including phenoxy) is 1. The van der Waals surface area contributed by atoms with Crippen molar-refractivity contribution in [2.75, 3.05) is 37.7 Å². The molecule has 0 saturated carbocycles. The van der Waals surface area contributed by atoms with E-state index in [-0.39, 0.29) is 12.4 Å². The topological polar surface area (TPSA) is 74.2 Å². The van der Waals surface area contributed by atoms with E-state index in [2.05, 4.69) is 5.32 Å². The lowest BCUT2D eigenvalue weighted by atomic mass is 9.90. The van der Waals surface area contributed by atoms with Crippen molar-refractivity contribution in [3.8, 4) is 0 Å². The van der Waals surface area contributed by atoms with Gasteiger partial charge in [-0.25, -0.2) is 9.38 Å². The molecule has 2 aliphatic heterocycles. The van der Waals surface area contributed by atoms with Crippen LogP contribution in [0.15, 0.2) is 53.5 Å². The van der Waals surface area contributed by atoms with E-state index in [0.29, 0.717) is 37.8 Å². The molecule has 2 aromatic rings. The number of carbonyl (C=O) groups is 2. The quantitative estimate of drug-likeness (QED) is 0.587. The molecule has 2 atom stereocenters. The summed E-state index contributed by atoms with van der Waals surface area (Å²) in [5, 5.41) is 2.80. The average Bonchev–Trinajstić information content (AvgIpc) is 2.79. The summed E-state index contributed by atoms with van der Waals surface area (Å²) in [6.45, 7) is 6.18. The van der Waals surface area contributed by atoms with Crippen molar-refractivity contribution in [1.29, 1.82) is 0 Å². The molecule has 0 unspecified atom stereocenters. The first-order valence-electron chi connectivity index (χ1n) is 10.8. The van der Waals surface area contributed by atoms with Crippen LogP contribution in [0, 0.1) is 18.7 Å². The monoisotopic (exact) mass is 438 g/mol. The maximum atomic E-state index is 14.2. The predicted octanol–water partition coefficient (Wildman–Crippen LogP) is 2.66. The molecule has 2 heterocycles. The molecule has 1 fully saturated rings. The fourth-order valence-electron chi connectivity index (χ4n) is 4.19. The summed E-state index contributed by atoms with van der Waals surface area (Å²) >= 11 is 0. The number of guanidine groups is 1. The van der Waals surface area contributed by atoms with E-state index < -0.39 is 23.8 Å². The zero-order valence-corrected chi connectivity index (χ0v) is 18.3. The van der Waals surface area contributed by atoms with Gasteiger partial charge in [0, 0.05) is 26.2 Å². The van der Waals surface area contributed by atoms with Crippen LogP contribution in [0.4, 0.5) is 10.1 Å². The number of halogens is 1. The number of amides is 1. The predicted molar refractivity (Wildman–Crippen MR) is 120 cm³/mol. The minimum absolute atomic E-state index is 0.192. The van der Waals surface area contributed by atoms with Gasteiger partial charge in [0.2, 0.25) is 11.9 Å². The van der Waals surface area contributed by atoms with Crippen molar-refractivity contribution >= 4 is 23.5 Å². The molecule has 0 spiro atoms. The number of nitrogens with one attached hydrogen (secondary N) is 1. The third-order valence-electron chi connectivity index (χ3n) is 5.79. The van der Waals surface area contributed by atoms with Gasteiger partial charge in [-0.15, -0.1) is 0 Å². The maximum absolute atomic E-state index is 14.2. The van der Waals surface area contributed by atoms with Gasteiger partial charge in [-0.1, -0.05) is 42.0 Å². The molecule has 32 heavy (non-hydrogen) atoms. The standard InChI is InChI=1S/C24H27FN4O3/c1-3-32-23(31)20-21(17-8-6-7-16(2)15-17)26-24(27-22(20)30)29-13-11-28(12-14-29)19-10-5-4-9-18(19)25/h4-10,15,20-21H,3,11-14H2,1-2H3,(H,26,27,30)/t20-,21+/m0/s1. The van der Waals surface area contributed by atoms with Gasteiger partial charge in [-0.2, -0.15) is 0 Å². The summed E-state index contributed by atoms with van der Waals surface area (Å²) < 4.78 is 19.3. The first-order chi connectivity index (χ1) is 15.5. The van der Waals surface area contributed by atoms with Gasteiger partial charge in [-0.3, -0.25) is 14.9 Å². The second-order valence-corrected chi connectivity index (χ2v) is 7.96. The molecule has 168 valence electrons. The normalized spacial score (nSPS) is 21.1. The number of carbonyl (C=O) groups excluding carboxylic acids is 2. The van der Waals surface area contributed by atoms with Crippen molar-refractivity contribution in [3.05, 3.63) is 65.5 Å².